The Labute approximate surface area is 264 Å². The maximum absolute atomic E-state index is 4.86. The minimum atomic E-state index is 0.873. The van der Waals surface area contributed by atoms with Gasteiger partial charge in [0.15, 0.2) is 0 Å². The van der Waals surface area contributed by atoms with E-state index in [9.17, 15) is 0 Å². The summed E-state index contributed by atoms with van der Waals surface area (Å²) in [6.45, 7) is 10.1. The number of hydrogen-bond acceptors (Lipinski definition) is 4. The molecule has 0 spiro atoms. The van der Waals surface area contributed by atoms with Gasteiger partial charge in [-0.1, -0.05) is 91.5 Å². The molecule has 2 aromatic heterocycles. The van der Waals surface area contributed by atoms with E-state index in [1.807, 2.05) is 30.6 Å². The first kappa shape index (κ1) is 28.1. The van der Waals surface area contributed by atoms with Crippen LogP contribution >= 0.6 is 0 Å². The van der Waals surface area contributed by atoms with Crippen molar-refractivity contribution in [3.05, 3.63) is 163 Å². The number of para-hydroxylation sites is 1. The Bertz CT molecular complexity index is 2190. The number of hydrogen-bond donors (Lipinski definition) is 0. The average Bonchev–Trinajstić information content (AvgIpc) is 3.07. The van der Waals surface area contributed by atoms with Crippen molar-refractivity contribution in [3.63, 3.8) is 0 Å². The zero-order valence-electron chi connectivity index (χ0n) is 25.8. The predicted molar refractivity (Wildman–Crippen MR) is 192 cm³/mol. The fourth-order valence-corrected chi connectivity index (χ4v) is 6.16. The van der Waals surface area contributed by atoms with Crippen LogP contribution in [-0.2, 0) is 0 Å². The Balaban J connectivity index is 1.50. The normalized spacial score (nSPS) is 12.0. The maximum atomic E-state index is 4.86. The topological polar surface area (TPSA) is 32.3 Å². The summed E-state index contributed by atoms with van der Waals surface area (Å²) in [4.78, 5) is 14.2. The molecule has 0 unspecified atom stereocenters. The zero-order valence-corrected chi connectivity index (χ0v) is 25.8. The zero-order chi connectivity index (χ0) is 30.9. The summed E-state index contributed by atoms with van der Waals surface area (Å²) in [7, 11) is 0. The lowest BCUT2D eigenvalue weighted by molar-refractivity contribution is 1.10. The second-order valence-corrected chi connectivity index (χ2v) is 11.4. The van der Waals surface area contributed by atoms with E-state index < -0.39 is 0 Å². The molecule has 45 heavy (non-hydrogen) atoms. The van der Waals surface area contributed by atoms with Gasteiger partial charge in [-0.25, -0.2) is 9.97 Å². The lowest BCUT2D eigenvalue weighted by Gasteiger charge is -2.28. The number of allylic oxidation sites excluding steroid dienone is 5. The summed E-state index contributed by atoms with van der Waals surface area (Å²) in [5.74, 6) is 1.75. The molecule has 0 bridgehead atoms. The largest absolute Gasteiger partial charge is 0.299 e. The van der Waals surface area contributed by atoms with E-state index in [4.69, 9.17) is 9.97 Å². The van der Waals surface area contributed by atoms with Crippen LogP contribution in [0, 0.1) is 13.8 Å². The summed E-state index contributed by atoms with van der Waals surface area (Å²) in [5, 5.41) is 7.23. The summed E-state index contributed by atoms with van der Waals surface area (Å²) in [5.41, 5.74) is 6.55. The second kappa shape index (κ2) is 11.7. The van der Waals surface area contributed by atoms with Gasteiger partial charge < -0.3 is 0 Å². The minimum Gasteiger partial charge on any atom is -0.299 e. The second-order valence-electron chi connectivity index (χ2n) is 11.4. The summed E-state index contributed by atoms with van der Waals surface area (Å²) in [6, 6.07) is 36.8. The van der Waals surface area contributed by atoms with Gasteiger partial charge in [-0.05, 0) is 95.9 Å². The Kier molecular flexibility index (Phi) is 7.32. The SMILES string of the molecule is C=C/C=C\C=C(/C)N(c1ccc(C)cn1)c1ccc2ccc3c(N(c4ccccc4)c4ccc(C)cn4)ccc4ccc1c2c43. The molecular weight excluding hydrogens is 548 g/mol. The fraction of sp³-hybridized carbons (Fsp3) is 0.0732. The Hall–Kier alpha value is -5.74. The fourth-order valence-electron chi connectivity index (χ4n) is 6.16. The summed E-state index contributed by atoms with van der Waals surface area (Å²) in [6.07, 6.45) is 11.7. The maximum Gasteiger partial charge on any atom is 0.137 e. The minimum absolute atomic E-state index is 0.873. The average molecular weight is 583 g/mol. The highest BCUT2D eigenvalue weighted by Crippen LogP contribution is 2.46. The molecule has 0 N–H and O–H groups in total. The summed E-state index contributed by atoms with van der Waals surface area (Å²) < 4.78 is 0. The number of anilines is 5. The molecule has 0 saturated carbocycles. The van der Waals surface area contributed by atoms with Crippen LogP contribution in [0.5, 0.6) is 0 Å². The third-order valence-corrected chi connectivity index (χ3v) is 8.30. The number of benzene rings is 5. The van der Waals surface area contributed by atoms with Crippen LogP contribution in [-0.4, -0.2) is 9.97 Å². The first-order chi connectivity index (χ1) is 22.0. The van der Waals surface area contributed by atoms with Crippen molar-refractivity contribution in [2.24, 2.45) is 0 Å². The van der Waals surface area contributed by atoms with E-state index in [0.717, 1.165) is 45.5 Å². The van der Waals surface area contributed by atoms with E-state index in [-0.39, 0.29) is 0 Å². The molecule has 7 aromatic rings. The third kappa shape index (κ3) is 5.11. The Morgan fingerprint density at radius 3 is 1.80 bits per heavy atom. The van der Waals surface area contributed by atoms with E-state index >= 15 is 0 Å². The quantitative estimate of drug-likeness (QED) is 0.132. The lowest BCUT2D eigenvalue weighted by atomic mass is 9.92. The van der Waals surface area contributed by atoms with Crippen molar-refractivity contribution in [3.8, 4) is 0 Å². The highest BCUT2D eigenvalue weighted by atomic mass is 15.2. The monoisotopic (exact) mass is 582 g/mol. The number of rotatable bonds is 8. The molecular formula is C41H34N4. The smallest absolute Gasteiger partial charge is 0.137 e. The molecule has 0 saturated heterocycles. The van der Waals surface area contributed by atoms with Gasteiger partial charge in [-0.2, -0.15) is 0 Å². The molecule has 0 aliphatic rings. The lowest BCUT2D eigenvalue weighted by Crippen LogP contribution is -2.16. The molecule has 4 nitrogen and oxygen atoms in total. The van der Waals surface area contributed by atoms with Gasteiger partial charge in [0.2, 0.25) is 0 Å². The van der Waals surface area contributed by atoms with Crippen LogP contribution in [0.15, 0.2) is 152 Å². The molecule has 2 heterocycles. The van der Waals surface area contributed by atoms with E-state index in [1.54, 1.807) is 6.08 Å². The third-order valence-electron chi connectivity index (χ3n) is 8.30. The van der Waals surface area contributed by atoms with Crippen LogP contribution in [0.3, 0.4) is 0 Å². The molecule has 0 amide bonds. The molecule has 0 fully saturated rings. The van der Waals surface area contributed by atoms with Crippen molar-refractivity contribution in [1.29, 1.82) is 0 Å². The van der Waals surface area contributed by atoms with Crippen LogP contribution in [0.2, 0.25) is 0 Å². The van der Waals surface area contributed by atoms with Gasteiger partial charge in [0.05, 0.1) is 11.4 Å². The molecule has 0 radical (unpaired) electrons. The molecule has 7 rings (SSSR count). The van der Waals surface area contributed by atoms with Crippen molar-refractivity contribution in [2.75, 3.05) is 9.80 Å². The van der Waals surface area contributed by atoms with E-state index in [1.165, 1.54) is 32.3 Å². The van der Waals surface area contributed by atoms with Gasteiger partial charge in [0, 0.05) is 34.6 Å². The standard InChI is InChI=1S/C41H34N4/c1-5-6-8-11-30(4)44(38-24-14-28(2)26-42-38)36-22-18-31-17-21-35-37(23-19-32-16-20-34(36)40(31)41(32)35)45(33-12-9-7-10-13-33)39-25-15-29(3)27-43-39/h5-27H,1H2,2-4H3/b8-6-,30-11+. The van der Waals surface area contributed by atoms with Crippen molar-refractivity contribution < 1.29 is 0 Å². The van der Waals surface area contributed by atoms with Crippen molar-refractivity contribution in [2.45, 2.75) is 20.8 Å². The predicted octanol–water partition coefficient (Wildman–Crippen LogP) is 11.2. The number of aryl methyl sites for hydroxylation is 2. The Morgan fingerprint density at radius 1 is 0.622 bits per heavy atom. The first-order valence-electron chi connectivity index (χ1n) is 15.2. The Morgan fingerprint density at radius 2 is 1.20 bits per heavy atom. The van der Waals surface area contributed by atoms with Gasteiger partial charge in [-0.15, -0.1) is 0 Å². The van der Waals surface area contributed by atoms with Crippen molar-refractivity contribution >= 4 is 61.0 Å². The van der Waals surface area contributed by atoms with Crippen LogP contribution in [0.25, 0.3) is 32.3 Å². The molecule has 5 aromatic carbocycles. The van der Waals surface area contributed by atoms with Gasteiger partial charge in [-0.3, -0.25) is 9.80 Å². The van der Waals surface area contributed by atoms with E-state index in [0.29, 0.717) is 0 Å². The number of pyridine rings is 2. The van der Waals surface area contributed by atoms with Gasteiger partial charge in [0.25, 0.3) is 0 Å². The first-order valence-corrected chi connectivity index (χ1v) is 15.2. The number of nitrogens with zero attached hydrogens (tertiary/aromatic N) is 4. The molecule has 0 aliphatic carbocycles. The molecule has 4 heteroatoms. The molecule has 0 aliphatic heterocycles. The van der Waals surface area contributed by atoms with Gasteiger partial charge in [0.1, 0.15) is 11.6 Å². The van der Waals surface area contributed by atoms with Crippen molar-refractivity contribution in [1.82, 2.24) is 9.97 Å². The van der Waals surface area contributed by atoms with Gasteiger partial charge >= 0.3 is 0 Å². The number of aromatic nitrogens is 2. The van der Waals surface area contributed by atoms with Crippen LogP contribution < -0.4 is 9.80 Å². The highest BCUT2D eigenvalue weighted by Gasteiger charge is 2.22. The molecule has 0 atom stereocenters. The van der Waals surface area contributed by atoms with Crippen LogP contribution in [0.4, 0.5) is 28.7 Å². The van der Waals surface area contributed by atoms with E-state index in [2.05, 4.69) is 140 Å². The highest BCUT2D eigenvalue weighted by molar-refractivity contribution is 6.28. The van der Waals surface area contributed by atoms with Crippen LogP contribution in [0.1, 0.15) is 18.1 Å². The molecule has 218 valence electrons. The summed E-state index contributed by atoms with van der Waals surface area (Å²) >= 11 is 0.